The van der Waals surface area contributed by atoms with Crippen molar-refractivity contribution < 1.29 is 9.53 Å². The van der Waals surface area contributed by atoms with Crippen molar-refractivity contribution in [3.63, 3.8) is 0 Å². The Hall–Kier alpha value is -1.32. The van der Waals surface area contributed by atoms with Crippen molar-refractivity contribution in [1.82, 2.24) is 0 Å². The van der Waals surface area contributed by atoms with E-state index in [4.69, 9.17) is 4.43 Å². The molecule has 0 saturated carbocycles. The van der Waals surface area contributed by atoms with Crippen LogP contribution in [0.2, 0.25) is 18.1 Å². The lowest BCUT2D eigenvalue weighted by molar-refractivity contribution is 0.283. The van der Waals surface area contributed by atoms with Gasteiger partial charge in [0.05, 0.1) is 6.61 Å². The van der Waals surface area contributed by atoms with Crippen molar-refractivity contribution in [3.05, 3.63) is 42.0 Å². The first-order chi connectivity index (χ1) is 9.24. The Morgan fingerprint density at radius 1 is 1.10 bits per heavy atom. The highest BCUT2D eigenvalue weighted by atomic mass is 28.4. The first-order valence-electron chi connectivity index (χ1n) is 7.06. The maximum absolute atomic E-state index is 9.37. The number of rotatable bonds is 3. The average Bonchev–Trinajstić information content (AvgIpc) is 2.35. The van der Waals surface area contributed by atoms with E-state index in [9.17, 15) is 5.11 Å². The minimum atomic E-state index is -1.80. The standard InChI is InChI=1S/C17H24O2Si/c1-17(2,3)20(4,5)19-15-9-10-16-13(11-15)7-6-8-14(16)12-18/h6-11,18H,12H2,1-5H3. The molecule has 0 aliphatic carbocycles. The van der Waals surface area contributed by atoms with Gasteiger partial charge in [-0.1, -0.05) is 45.0 Å². The fraction of sp³-hybridized carbons (Fsp3) is 0.412. The van der Waals surface area contributed by atoms with Gasteiger partial charge >= 0.3 is 0 Å². The highest BCUT2D eigenvalue weighted by Gasteiger charge is 2.38. The molecule has 0 unspecified atom stereocenters. The topological polar surface area (TPSA) is 29.5 Å². The van der Waals surface area contributed by atoms with Crippen LogP contribution in [0.15, 0.2) is 36.4 Å². The monoisotopic (exact) mass is 288 g/mol. The molecule has 0 heterocycles. The summed E-state index contributed by atoms with van der Waals surface area (Å²) >= 11 is 0. The Bertz CT molecular complexity index is 612. The zero-order valence-corrected chi connectivity index (χ0v) is 14.0. The summed E-state index contributed by atoms with van der Waals surface area (Å²) in [6, 6.07) is 12.1. The first kappa shape index (κ1) is 15.1. The minimum absolute atomic E-state index is 0.0692. The maximum atomic E-state index is 9.37. The molecule has 2 aromatic rings. The van der Waals surface area contributed by atoms with E-state index >= 15 is 0 Å². The van der Waals surface area contributed by atoms with Crippen molar-refractivity contribution in [2.45, 2.75) is 45.5 Å². The van der Waals surface area contributed by atoms with Crippen LogP contribution in [0, 0.1) is 0 Å². The number of fused-ring (bicyclic) bond motifs is 1. The molecule has 0 aromatic heterocycles. The van der Waals surface area contributed by atoms with Gasteiger partial charge in [0.25, 0.3) is 0 Å². The largest absolute Gasteiger partial charge is 0.543 e. The van der Waals surface area contributed by atoms with E-state index < -0.39 is 8.32 Å². The van der Waals surface area contributed by atoms with Crippen molar-refractivity contribution in [2.75, 3.05) is 0 Å². The van der Waals surface area contributed by atoms with Gasteiger partial charge in [0.2, 0.25) is 8.32 Å². The van der Waals surface area contributed by atoms with Gasteiger partial charge in [-0.05, 0) is 46.6 Å². The quantitative estimate of drug-likeness (QED) is 0.828. The molecule has 2 nitrogen and oxygen atoms in total. The normalized spacial score (nSPS) is 12.7. The van der Waals surface area contributed by atoms with Gasteiger partial charge in [-0.3, -0.25) is 0 Å². The van der Waals surface area contributed by atoms with Crippen LogP contribution in [0.5, 0.6) is 5.75 Å². The Kier molecular flexibility index (Phi) is 3.94. The first-order valence-corrected chi connectivity index (χ1v) is 9.97. The summed E-state index contributed by atoms with van der Waals surface area (Å²) in [5.41, 5.74) is 0.960. The van der Waals surface area contributed by atoms with Gasteiger partial charge in [0.1, 0.15) is 5.75 Å². The van der Waals surface area contributed by atoms with Crippen molar-refractivity contribution in [1.29, 1.82) is 0 Å². The van der Waals surface area contributed by atoms with E-state index in [1.165, 1.54) is 0 Å². The molecule has 3 heteroatoms. The van der Waals surface area contributed by atoms with Gasteiger partial charge in [-0.25, -0.2) is 0 Å². The Balaban J connectivity index is 2.38. The number of aliphatic hydroxyl groups is 1. The lowest BCUT2D eigenvalue weighted by atomic mass is 10.1. The summed E-state index contributed by atoms with van der Waals surface area (Å²) in [6.07, 6.45) is 0. The molecule has 0 amide bonds. The lowest BCUT2D eigenvalue weighted by Crippen LogP contribution is -2.43. The predicted octanol–water partition coefficient (Wildman–Crippen LogP) is 4.72. The molecule has 108 valence electrons. The third-order valence-corrected chi connectivity index (χ3v) is 8.65. The summed E-state index contributed by atoms with van der Waals surface area (Å²) in [5, 5.41) is 11.8. The fourth-order valence-corrected chi connectivity index (χ4v) is 3.00. The molecular formula is C17H24O2Si. The van der Waals surface area contributed by atoms with Crippen LogP contribution < -0.4 is 4.43 Å². The van der Waals surface area contributed by atoms with Crippen molar-refractivity contribution in [2.24, 2.45) is 0 Å². The van der Waals surface area contributed by atoms with Gasteiger partial charge < -0.3 is 9.53 Å². The highest BCUT2D eigenvalue weighted by molar-refractivity contribution is 6.74. The molecular weight excluding hydrogens is 264 g/mol. The highest BCUT2D eigenvalue weighted by Crippen LogP contribution is 2.38. The van der Waals surface area contributed by atoms with Crippen molar-refractivity contribution in [3.8, 4) is 5.75 Å². The lowest BCUT2D eigenvalue weighted by Gasteiger charge is -2.36. The number of aliphatic hydroxyl groups excluding tert-OH is 1. The Morgan fingerprint density at radius 2 is 1.80 bits per heavy atom. The molecule has 0 bridgehead atoms. The SMILES string of the molecule is CC(C)(C)[Si](C)(C)Oc1ccc2c(CO)cccc2c1. The summed E-state index contributed by atoms with van der Waals surface area (Å²) in [4.78, 5) is 0. The van der Waals surface area contributed by atoms with Gasteiger partial charge in [0, 0.05) is 0 Å². The molecule has 20 heavy (non-hydrogen) atoms. The number of benzene rings is 2. The zero-order chi connectivity index (χ0) is 15.0. The van der Waals surface area contributed by atoms with E-state index in [-0.39, 0.29) is 11.6 Å². The molecule has 0 saturated heterocycles. The summed E-state index contributed by atoms with van der Waals surface area (Å²) < 4.78 is 6.32. The zero-order valence-electron chi connectivity index (χ0n) is 13.0. The molecule has 1 N–H and O–H groups in total. The van der Waals surface area contributed by atoms with E-state index in [0.717, 1.165) is 22.1 Å². The van der Waals surface area contributed by atoms with E-state index in [1.54, 1.807) is 0 Å². The minimum Gasteiger partial charge on any atom is -0.543 e. The van der Waals surface area contributed by atoms with Crippen LogP contribution in [0.1, 0.15) is 26.3 Å². The second kappa shape index (κ2) is 5.22. The Labute approximate surface area is 122 Å². The van der Waals surface area contributed by atoms with Crippen LogP contribution in [-0.2, 0) is 6.61 Å². The molecule has 0 aliphatic heterocycles. The molecule has 0 fully saturated rings. The van der Waals surface area contributed by atoms with Crippen LogP contribution in [0.4, 0.5) is 0 Å². The summed E-state index contributed by atoms with van der Waals surface area (Å²) in [5.74, 6) is 0.930. The van der Waals surface area contributed by atoms with Crippen LogP contribution in [0.3, 0.4) is 0 Å². The maximum Gasteiger partial charge on any atom is 0.250 e. The molecule has 2 aromatic carbocycles. The Morgan fingerprint density at radius 3 is 2.40 bits per heavy atom. The van der Waals surface area contributed by atoms with E-state index in [2.05, 4.69) is 46.0 Å². The van der Waals surface area contributed by atoms with Gasteiger partial charge in [-0.15, -0.1) is 0 Å². The van der Waals surface area contributed by atoms with E-state index in [0.29, 0.717) is 0 Å². The molecule has 2 rings (SSSR count). The van der Waals surface area contributed by atoms with Crippen LogP contribution >= 0.6 is 0 Å². The molecule has 0 aliphatic rings. The fourth-order valence-electron chi connectivity index (χ4n) is 1.98. The number of hydrogen-bond donors (Lipinski definition) is 1. The van der Waals surface area contributed by atoms with Gasteiger partial charge in [-0.2, -0.15) is 0 Å². The second-order valence-corrected chi connectivity index (χ2v) is 11.5. The van der Waals surface area contributed by atoms with E-state index in [1.807, 2.05) is 24.3 Å². The molecule has 0 spiro atoms. The summed E-state index contributed by atoms with van der Waals surface area (Å²) in [6.45, 7) is 11.3. The molecule has 0 atom stereocenters. The number of hydrogen-bond acceptors (Lipinski definition) is 2. The van der Waals surface area contributed by atoms with Crippen LogP contribution in [0.25, 0.3) is 10.8 Å². The van der Waals surface area contributed by atoms with Crippen molar-refractivity contribution >= 4 is 19.1 Å². The summed E-state index contributed by atoms with van der Waals surface area (Å²) in [7, 11) is -1.80. The molecule has 0 radical (unpaired) electrons. The van der Waals surface area contributed by atoms with Gasteiger partial charge in [0.15, 0.2) is 0 Å². The third kappa shape index (κ3) is 2.89. The third-order valence-electron chi connectivity index (χ3n) is 4.29. The smallest absolute Gasteiger partial charge is 0.250 e. The predicted molar refractivity (Wildman–Crippen MR) is 87.7 cm³/mol. The van der Waals surface area contributed by atoms with Crippen LogP contribution in [-0.4, -0.2) is 13.4 Å². The average molecular weight is 288 g/mol. The second-order valence-electron chi connectivity index (χ2n) is 6.82.